The Bertz CT molecular complexity index is 836. The number of carbonyl (C=O) groups excluding carboxylic acids is 1. The van der Waals surface area contributed by atoms with Crippen molar-refractivity contribution in [1.29, 1.82) is 0 Å². The quantitative estimate of drug-likeness (QED) is 0.776. The Labute approximate surface area is 177 Å². The summed E-state index contributed by atoms with van der Waals surface area (Å²) in [6.45, 7) is 6.63. The van der Waals surface area contributed by atoms with Crippen molar-refractivity contribution < 1.29 is 9.90 Å². The molecule has 0 saturated carbocycles. The molecule has 2 fully saturated rings. The molecular weight excluding hydrogens is 380 g/mol. The third kappa shape index (κ3) is 4.76. The molecule has 1 atom stereocenters. The number of nitrogens with zero attached hydrogens (tertiary/aromatic N) is 5. The summed E-state index contributed by atoms with van der Waals surface area (Å²) in [4.78, 5) is 29.9. The second kappa shape index (κ2) is 9.06. The van der Waals surface area contributed by atoms with Crippen LogP contribution in [0.4, 0.5) is 5.95 Å². The van der Waals surface area contributed by atoms with Gasteiger partial charge in [-0.25, -0.2) is 9.97 Å². The summed E-state index contributed by atoms with van der Waals surface area (Å²) in [5.41, 5.74) is 1.67. The molecule has 0 aromatic carbocycles. The fraction of sp³-hybridized carbons (Fsp3) is 0.545. The normalized spacial score (nSPS) is 21.5. The lowest BCUT2D eigenvalue weighted by Gasteiger charge is -2.49. The number of pyridine rings is 1. The molecule has 1 amide bonds. The van der Waals surface area contributed by atoms with Gasteiger partial charge in [0.05, 0.1) is 11.7 Å². The maximum Gasteiger partial charge on any atom is 0.255 e. The van der Waals surface area contributed by atoms with E-state index in [0.29, 0.717) is 24.6 Å². The fourth-order valence-corrected chi connectivity index (χ4v) is 4.67. The molecule has 4 rings (SSSR count). The Morgan fingerprint density at radius 1 is 1.27 bits per heavy atom. The minimum absolute atomic E-state index is 0.0164. The number of hydrogen-bond acceptors (Lipinski definition) is 7. The number of piperidine rings is 2. The molecule has 2 aliphatic heterocycles. The van der Waals surface area contributed by atoms with Gasteiger partial charge >= 0.3 is 0 Å². The molecule has 4 heterocycles. The van der Waals surface area contributed by atoms with E-state index in [4.69, 9.17) is 0 Å². The van der Waals surface area contributed by atoms with Crippen molar-refractivity contribution in [3.05, 3.63) is 48.0 Å². The lowest BCUT2D eigenvalue weighted by molar-refractivity contribution is -0.0337. The second-order valence-corrected chi connectivity index (χ2v) is 8.51. The minimum atomic E-state index is -0.474. The van der Waals surface area contributed by atoms with Gasteiger partial charge in [-0.1, -0.05) is 0 Å². The number of carbonyl (C=O) groups is 1. The number of amides is 1. The van der Waals surface area contributed by atoms with Crippen molar-refractivity contribution in [2.45, 2.75) is 38.8 Å². The molecule has 0 radical (unpaired) electrons. The van der Waals surface area contributed by atoms with E-state index in [2.05, 4.69) is 25.2 Å². The van der Waals surface area contributed by atoms with Crippen LogP contribution in [-0.4, -0.2) is 74.6 Å². The first-order valence-corrected chi connectivity index (χ1v) is 10.7. The molecule has 2 aromatic heterocycles. The number of likely N-dealkylation sites (tertiary alicyclic amines) is 2. The molecule has 0 aliphatic carbocycles. The maximum absolute atomic E-state index is 12.9. The van der Waals surface area contributed by atoms with Gasteiger partial charge in [0.2, 0.25) is 5.95 Å². The highest BCUT2D eigenvalue weighted by atomic mass is 16.3. The van der Waals surface area contributed by atoms with Crippen LogP contribution in [0.2, 0.25) is 0 Å². The predicted molar refractivity (Wildman–Crippen MR) is 114 cm³/mol. The fourth-order valence-electron chi connectivity index (χ4n) is 4.67. The van der Waals surface area contributed by atoms with Gasteiger partial charge in [0.1, 0.15) is 0 Å². The van der Waals surface area contributed by atoms with Crippen LogP contribution in [0, 0.1) is 5.41 Å². The monoisotopic (exact) mass is 410 g/mol. The zero-order chi connectivity index (χ0) is 21.0. The Morgan fingerprint density at radius 2 is 2.03 bits per heavy atom. The summed E-state index contributed by atoms with van der Waals surface area (Å²) in [5, 5.41) is 13.6. The van der Waals surface area contributed by atoms with Crippen LogP contribution in [0.3, 0.4) is 0 Å². The van der Waals surface area contributed by atoms with Crippen LogP contribution in [0.25, 0.3) is 0 Å². The number of rotatable bonds is 5. The van der Waals surface area contributed by atoms with Crippen LogP contribution in [-0.2, 0) is 6.54 Å². The zero-order valence-electron chi connectivity index (χ0n) is 17.5. The summed E-state index contributed by atoms with van der Waals surface area (Å²) in [7, 11) is 0. The van der Waals surface area contributed by atoms with E-state index in [1.807, 2.05) is 24.2 Å². The van der Waals surface area contributed by atoms with Crippen LogP contribution >= 0.6 is 0 Å². The molecule has 1 spiro atoms. The van der Waals surface area contributed by atoms with Gasteiger partial charge in [-0.05, 0) is 56.8 Å². The zero-order valence-corrected chi connectivity index (χ0v) is 17.5. The molecule has 2 N–H and O–H groups in total. The first-order chi connectivity index (χ1) is 14.6. The van der Waals surface area contributed by atoms with Crippen LogP contribution < -0.4 is 5.32 Å². The number of hydrogen-bond donors (Lipinski definition) is 2. The molecule has 2 aromatic rings. The van der Waals surface area contributed by atoms with Crippen molar-refractivity contribution in [3.63, 3.8) is 0 Å². The average Bonchev–Trinajstić information content (AvgIpc) is 2.77. The molecule has 2 aliphatic rings. The van der Waals surface area contributed by atoms with Crippen molar-refractivity contribution in [1.82, 2.24) is 24.8 Å². The van der Waals surface area contributed by atoms with E-state index >= 15 is 0 Å². The number of aliphatic hydroxyl groups is 1. The van der Waals surface area contributed by atoms with Crippen molar-refractivity contribution in [3.8, 4) is 0 Å². The Kier molecular flexibility index (Phi) is 6.24. The summed E-state index contributed by atoms with van der Waals surface area (Å²) < 4.78 is 0. The topological polar surface area (TPSA) is 94.5 Å². The van der Waals surface area contributed by atoms with E-state index in [9.17, 15) is 9.90 Å². The highest BCUT2D eigenvalue weighted by molar-refractivity contribution is 5.94. The molecule has 8 nitrogen and oxygen atoms in total. The van der Waals surface area contributed by atoms with E-state index in [1.54, 1.807) is 24.5 Å². The molecule has 0 bridgehead atoms. The van der Waals surface area contributed by atoms with Gasteiger partial charge in [-0.3, -0.25) is 14.7 Å². The number of aromatic nitrogens is 3. The third-order valence-electron chi connectivity index (χ3n) is 6.18. The molecular formula is C22H30N6O2. The Balaban J connectivity index is 1.36. The first-order valence-electron chi connectivity index (χ1n) is 10.7. The van der Waals surface area contributed by atoms with Crippen molar-refractivity contribution in [2.24, 2.45) is 5.41 Å². The largest absolute Gasteiger partial charge is 0.391 e. The first kappa shape index (κ1) is 20.7. The van der Waals surface area contributed by atoms with Crippen molar-refractivity contribution >= 4 is 11.9 Å². The highest BCUT2D eigenvalue weighted by Crippen LogP contribution is 2.40. The van der Waals surface area contributed by atoms with E-state index in [-0.39, 0.29) is 11.3 Å². The minimum Gasteiger partial charge on any atom is -0.391 e. The SMILES string of the molecule is CCNc1ncc(CN2CCC3(CC2)CC(O)CN(C(=O)c2cccnc2)C3)cn1. The third-order valence-corrected chi connectivity index (χ3v) is 6.18. The lowest BCUT2D eigenvalue weighted by atomic mass is 9.71. The average molecular weight is 411 g/mol. The predicted octanol–water partition coefficient (Wildman–Crippen LogP) is 1.79. The van der Waals surface area contributed by atoms with Gasteiger partial charge in [0, 0.05) is 56.5 Å². The van der Waals surface area contributed by atoms with Crippen molar-refractivity contribution in [2.75, 3.05) is 38.0 Å². The van der Waals surface area contributed by atoms with E-state index in [1.165, 1.54) is 0 Å². The standard InChI is InChI=1S/C22H30N6O2/c1-2-24-21-25-11-17(12-26-21)14-27-8-5-22(6-9-27)10-19(29)15-28(16-22)20(30)18-4-3-7-23-13-18/h3-4,7,11-13,19,29H,2,5-6,8-10,14-16H2,1H3,(H,24,25,26). The molecule has 2 saturated heterocycles. The molecule has 160 valence electrons. The van der Waals surface area contributed by atoms with Crippen LogP contribution in [0.1, 0.15) is 42.1 Å². The highest BCUT2D eigenvalue weighted by Gasteiger charge is 2.42. The van der Waals surface area contributed by atoms with Gasteiger partial charge < -0.3 is 15.3 Å². The van der Waals surface area contributed by atoms with E-state index in [0.717, 1.165) is 51.0 Å². The van der Waals surface area contributed by atoms with Crippen LogP contribution in [0.15, 0.2) is 36.9 Å². The lowest BCUT2D eigenvalue weighted by Crippen LogP contribution is -2.55. The number of nitrogens with one attached hydrogen (secondary N) is 1. The maximum atomic E-state index is 12.9. The summed E-state index contributed by atoms with van der Waals surface area (Å²) in [5.74, 6) is 0.620. The van der Waals surface area contributed by atoms with Gasteiger partial charge in [0.25, 0.3) is 5.91 Å². The van der Waals surface area contributed by atoms with Gasteiger partial charge in [-0.15, -0.1) is 0 Å². The summed E-state index contributed by atoms with van der Waals surface area (Å²) >= 11 is 0. The number of aliphatic hydroxyl groups excluding tert-OH is 1. The Hall–Kier alpha value is -2.58. The van der Waals surface area contributed by atoms with E-state index < -0.39 is 6.10 Å². The second-order valence-electron chi connectivity index (χ2n) is 8.51. The summed E-state index contributed by atoms with van der Waals surface area (Å²) in [6.07, 6.45) is 9.26. The Morgan fingerprint density at radius 3 is 2.70 bits per heavy atom. The van der Waals surface area contributed by atoms with Gasteiger partial charge in [-0.2, -0.15) is 0 Å². The molecule has 30 heavy (non-hydrogen) atoms. The number of β-amino-alcohol motifs (C(OH)–C–C–N with tert-alkyl or cyclic N) is 1. The summed E-state index contributed by atoms with van der Waals surface area (Å²) in [6, 6.07) is 3.56. The molecule has 1 unspecified atom stereocenters. The molecule has 8 heteroatoms. The van der Waals surface area contributed by atoms with Gasteiger partial charge in [0.15, 0.2) is 0 Å². The number of anilines is 1. The smallest absolute Gasteiger partial charge is 0.255 e. The van der Waals surface area contributed by atoms with Crippen LogP contribution in [0.5, 0.6) is 0 Å².